The summed E-state index contributed by atoms with van der Waals surface area (Å²) in [5.41, 5.74) is 2.49. The van der Waals surface area contributed by atoms with E-state index in [9.17, 15) is 9.18 Å². The van der Waals surface area contributed by atoms with Gasteiger partial charge in [-0.1, -0.05) is 30.2 Å². The molecule has 0 radical (unpaired) electrons. The Morgan fingerprint density at radius 2 is 1.82 bits per heavy atom. The number of aliphatic carboxylic acids is 1. The number of anilines is 1. The molecule has 0 saturated heterocycles. The standard InChI is InChI=1S/C18H14FNO2/c19-16-8-3-14(4-9-16)2-1-13-20-17-10-5-15(6-11-17)7-12-18(21)22/h1-6,8-11,20H,13H2,(H,21,22). The van der Waals surface area contributed by atoms with Crippen LogP contribution in [0.15, 0.2) is 54.6 Å². The van der Waals surface area contributed by atoms with Crippen molar-refractivity contribution in [3.05, 3.63) is 71.6 Å². The fourth-order valence-electron chi connectivity index (χ4n) is 1.74. The summed E-state index contributed by atoms with van der Waals surface area (Å²) >= 11 is 0. The lowest BCUT2D eigenvalue weighted by molar-refractivity contribution is -0.130. The fourth-order valence-corrected chi connectivity index (χ4v) is 1.74. The predicted octanol–water partition coefficient (Wildman–Crippen LogP) is 3.39. The average Bonchev–Trinajstić information content (AvgIpc) is 2.52. The van der Waals surface area contributed by atoms with Crippen molar-refractivity contribution < 1.29 is 14.3 Å². The third-order valence-electron chi connectivity index (χ3n) is 2.80. The first-order valence-corrected chi connectivity index (χ1v) is 6.64. The highest BCUT2D eigenvalue weighted by atomic mass is 19.1. The summed E-state index contributed by atoms with van der Waals surface area (Å²) in [7, 11) is 0. The lowest BCUT2D eigenvalue weighted by Crippen LogP contribution is -1.97. The van der Waals surface area contributed by atoms with Gasteiger partial charge in [-0.3, -0.25) is 0 Å². The number of carboxylic acids is 1. The van der Waals surface area contributed by atoms with Crippen molar-refractivity contribution in [3.63, 3.8) is 0 Å². The Bertz CT molecular complexity index is 722. The maximum atomic E-state index is 12.7. The Kier molecular flexibility index (Phi) is 5.33. The van der Waals surface area contributed by atoms with Crippen molar-refractivity contribution in [1.82, 2.24) is 0 Å². The summed E-state index contributed by atoms with van der Waals surface area (Å²) in [6.07, 6.45) is 3.84. The van der Waals surface area contributed by atoms with Crippen LogP contribution < -0.4 is 5.32 Å². The molecule has 0 bridgehead atoms. The summed E-state index contributed by atoms with van der Waals surface area (Å²) < 4.78 is 12.7. The molecular weight excluding hydrogens is 281 g/mol. The van der Waals surface area contributed by atoms with E-state index in [2.05, 4.69) is 17.2 Å². The lowest BCUT2D eigenvalue weighted by Gasteiger charge is -2.03. The zero-order valence-corrected chi connectivity index (χ0v) is 11.7. The van der Waals surface area contributed by atoms with Crippen LogP contribution in [0.5, 0.6) is 0 Å². The summed E-state index contributed by atoms with van der Waals surface area (Å²) in [5.74, 6) is 3.21. The molecule has 0 aliphatic heterocycles. The van der Waals surface area contributed by atoms with E-state index < -0.39 is 5.97 Å². The maximum Gasteiger partial charge on any atom is 0.382 e. The minimum absolute atomic E-state index is 0.249. The van der Waals surface area contributed by atoms with Crippen LogP contribution in [0.25, 0.3) is 6.08 Å². The number of hydrogen-bond acceptors (Lipinski definition) is 2. The number of nitrogens with one attached hydrogen (secondary N) is 1. The minimum Gasteiger partial charge on any atom is -0.472 e. The van der Waals surface area contributed by atoms with Gasteiger partial charge in [-0.2, -0.15) is 0 Å². The van der Waals surface area contributed by atoms with Gasteiger partial charge in [0.1, 0.15) is 5.82 Å². The second kappa shape index (κ2) is 7.65. The van der Waals surface area contributed by atoms with E-state index in [-0.39, 0.29) is 5.82 Å². The maximum absolute atomic E-state index is 12.7. The molecule has 110 valence electrons. The quantitative estimate of drug-likeness (QED) is 0.850. The molecule has 0 saturated carbocycles. The molecular formula is C18H14FNO2. The normalized spacial score (nSPS) is 10.0. The van der Waals surface area contributed by atoms with Gasteiger partial charge in [0.05, 0.1) is 0 Å². The molecule has 0 atom stereocenters. The van der Waals surface area contributed by atoms with E-state index in [1.807, 2.05) is 24.3 Å². The molecule has 0 aliphatic carbocycles. The Morgan fingerprint density at radius 3 is 2.45 bits per heavy atom. The van der Waals surface area contributed by atoms with Gasteiger partial charge in [-0.05, 0) is 42.0 Å². The minimum atomic E-state index is -1.15. The molecule has 2 aromatic carbocycles. The molecule has 0 spiro atoms. The molecule has 0 amide bonds. The van der Waals surface area contributed by atoms with Gasteiger partial charge in [0, 0.05) is 23.7 Å². The molecule has 0 aliphatic rings. The SMILES string of the molecule is O=C(O)C#Cc1ccc(NCC=Cc2ccc(F)cc2)cc1. The number of carboxylic acid groups (broad SMARTS) is 1. The monoisotopic (exact) mass is 295 g/mol. The van der Waals surface area contributed by atoms with Crippen LogP contribution in [0.4, 0.5) is 10.1 Å². The van der Waals surface area contributed by atoms with E-state index in [4.69, 9.17) is 5.11 Å². The van der Waals surface area contributed by atoms with Crippen LogP contribution in [-0.4, -0.2) is 17.6 Å². The second-order valence-corrected chi connectivity index (χ2v) is 4.47. The molecule has 22 heavy (non-hydrogen) atoms. The van der Waals surface area contributed by atoms with Gasteiger partial charge < -0.3 is 10.4 Å². The van der Waals surface area contributed by atoms with E-state index in [1.165, 1.54) is 12.1 Å². The van der Waals surface area contributed by atoms with Gasteiger partial charge >= 0.3 is 5.97 Å². The Balaban J connectivity index is 1.86. The number of hydrogen-bond donors (Lipinski definition) is 2. The third kappa shape index (κ3) is 5.14. The molecule has 0 unspecified atom stereocenters. The first-order chi connectivity index (χ1) is 10.6. The number of rotatable bonds is 4. The molecule has 2 aromatic rings. The van der Waals surface area contributed by atoms with Gasteiger partial charge in [-0.25, -0.2) is 9.18 Å². The van der Waals surface area contributed by atoms with E-state index in [1.54, 1.807) is 24.3 Å². The highest BCUT2D eigenvalue weighted by Crippen LogP contribution is 2.09. The van der Waals surface area contributed by atoms with Crippen LogP contribution in [0.2, 0.25) is 0 Å². The second-order valence-electron chi connectivity index (χ2n) is 4.47. The first kappa shape index (κ1) is 15.3. The summed E-state index contributed by atoms with van der Waals surface area (Å²) in [6.45, 7) is 0.623. The summed E-state index contributed by atoms with van der Waals surface area (Å²) in [5, 5.41) is 11.7. The zero-order chi connectivity index (χ0) is 15.8. The number of benzene rings is 2. The third-order valence-corrected chi connectivity index (χ3v) is 2.80. The van der Waals surface area contributed by atoms with E-state index >= 15 is 0 Å². The van der Waals surface area contributed by atoms with Crippen molar-refractivity contribution in [3.8, 4) is 11.8 Å². The van der Waals surface area contributed by atoms with Crippen molar-refractivity contribution in [2.45, 2.75) is 0 Å². The van der Waals surface area contributed by atoms with E-state index in [0.29, 0.717) is 12.1 Å². The van der Waals surface area contributed by atoms with Gasteiger partial charge in [-0.15, -0.1) is 0 Å². The van der Waals surface area contributed by atoms with Crippen LogP contribution in [-0.2, 0) is 4.79 Å². The zero-order valence-electron chi connectivity index (χ0n) is 11.7. The fraction of sp³-hybridized carbons (Fsp3) is 0.0556. The summed E-state index contributed by atoms with van der Waals surface area (Å²) in [6, 6.07) is 13.4. The topological polar surface area (TPSA) is 49.3 Å². The van der Waals surface area contributed by atoms with Crippen LogP contribution in [0.3, 0.4) is 0 Å². The molecule has 2 rings (SSSR count). The molecule has 0 fully saturated rings. The largest absolute Gasteiger partial charge is 0.472 e. The van der Waals surface area contributed by atoms with Crippen molar-refractivity contribution >= 4 is 17.7 Å². The van der Waals surface area contributed by atoms with Crippen molar-refractivity contribution in [1.29, 1.82) is 0 Å². The van der Waals surface area contributed by atoms with Gasteiger partial charge in [0.15, 0.2) is 0 Å². The Morgan fingerprint density at radius 1 is 1.14 bits per heavy atom. The number of halogens is 1. The lowest BCUT2D eigenvalue weighted by atomic mass is 10.2. The van der Waals surface area contributed by atoms with Crippen molar-refractivity contribution in [2.24, 2.45) is 0 Å². The molecule has 0 aromatic heterocycles. The number of carbonyl (C=O) groups is 1. The van der Waals surface area contributed by atoms with Crippen LogP contribution in [0, 0.1) is 17.7 Å². The highest BCUT2D eigenvalue weighted by Gasteiger charge is 1.92. The molecule has 4 heteroatoms. The highest BCUT2D eigenvalue weighted by molar-refractivity contribution is 5.87. The molecule has 0 heterocycles. The first-order valence-electron chi connectivity index (χ1n) is 6.64. The molecule has 2 N–H and O–H groups in total. The van der Waals surface area contributed by atoms with Crippen LogP contribution in [0.1, 0.15) is 11.1 Å². The smallest absolute Gasteiger partial charge is 0.382 e. The Labute approximate surface area is 128 Å². The molecule has 3 nitrogen and oxygen atoms in total. The Hall–Kier alpha value is -3.06. The van der Waals surface area contributed by atoms with Crippen LogP contribution >= 0.6 is 0 Å². The summed E-state index contributed by atoms with van der Waals surface area (Å²) in [4.78, 5) is 10.3. The van der Waals surface area contributed by atoms with E-state index in [0.717, 1.165) is 11.3 Å². The van der Waals surface area contributed by atoms with Gasteiger partial charge in [0.25, 0.3) is 0 Å². The predicted molar refractivity (Wildman–Crippen MR) is 84.9 cm³/mol. The van der Waals surface area contributed by atoms with Gasteiger partial charge in [0.2, 0.25) is 0 Å². The average molecular weight is 295 g/mol. The van der Waals surface area contributed by atoms with Crippen molar-refractivity contribution in [2.75, 3.05) is 11.9 Å².